The van der Waals surface area contributed by atoms with Gasteiger partial charge in [0.2, 0.25) is 5.82 Å². The first-order valence-electron chi connectivity index (χ1n) is 13.2. The normalized spacial score (nSPS) is 17.6. The summed E-state index contributed by atoms with van der Waals surface area (Å²) in [6, 6.07) is 8.97. The predicted octanol–water partition coefficient (Wildman–Crippen LogP) is 9.24. The van der Waals surface area contributed by atoms with Crippen molar-refractivity contribution in [2.24, 2.45) is 0 Å². The number of benzene rings is 3. The van der Waals surface area contributed by atoms with Crippen molar-refractivity contribution in [3.63, 3.8) is 0 Å². The van der Waals surface area contributed by atoms with Crippen LogP contribution in [0.3, 0.4) is 0 Å². The summed E-state index contributed by atoms with van der Waals surface area (Å²) in [7, 11) is 0. The van der Waals surface area contributed by atoms with Crippen molar-refractivity contribution < 1.29 is 31.1 Å². The molecule has 0 N–H and O–H groups in total. The zero-order valence-electron chi connectivity index (χ0n) is 21.7. The first kappa shape index (κ1) is 28.1. The molecule has 0 heterocycles. The van der Waals surface area contributed by atoms with E-state index in [0.717, 1.165) is 12.8 Å². The third kappa shape index (κ3) is 5.87. The van der Waals surface area contributed by atoms with Gasteiger partial charge in [-0.2, -0.15) is 4.39 Å². The zero-order chi connectivity index (χ0) is 27.4. The Morgan fingerprint density at radius 2 is 1.13 bits per heavy atom. The Hall–Kier alpha value is -2.96. The molecule has 1 saturated carbocycles. The maximum Gasteiger partial charge on any atom is 0.200 e. The van der Waals surface area contributed by atoms with Crippen LogP contribution in [0.25, 0.3) is 0 Å². The average molecular weight is 535 g/mol. The van der Waals surface area contributed by atoms with E-state index in [4.69, 9.17) is 4.74 Å². The van der Waals surface area contributed by atoms with E-state index < -0.39 is 34.9 Å². The molecule has 38 heavy (non-hydrogen) atoms. The Morgan fingerprint density at radius 1 is 0.632 bits per heavy atom. The van der Waals surface area contributed by atoms with Gasteiger partial charge in [-0.3, -0.25) is 0 Å². The van der Waals surface area contributed by atoms with Crippen LogP contribution in [0.2, 0.25) is 0 Å². The summed E-state index contributed by atoms with van der Waals surface area (Å²) in [6.45, 7) is 3.75. The highest BCUT2D eigenvalue weighted by Gasteiger charge is 2.29. The molecule has 1 fully saturated rings. The van der Waals surface area contributed by atoms with Crippen LogP contribution in [-0.4, -0.2) is 6.61 Å². The summed E-state index contributed by atoms with van der Waals surface area (Å²) < 4.78 is 92.6. The Morgan fingerprint density at radius 3 is 1.71 bits per heavy atom. The summed E-state index contributed by atoms with van der Waals surface area (Å²) in [6.07, 6.45) is 3.69. The monoisotopic (exact) mass is 534 g/mol. The van der Waals surface area contributed by atoms with Crippen LogP contribution >= 0.6 is 0 Å². The lowest BCUT2D eigenvalue weighted by atomic mass is 9.75. The fourth-order valence-electron chi connectivity index (χ4n) is 5.28. The predicted molar refractivity (Wildman–Crippen MR) is 136 cm³/mol. The zero-order valence-corrected chi connectivity index (χ0v) is 21.7. The molecule has 0 atom stereocenters. The minimum atomic E-state index is -1.08. The number of rotatable bonds is 9. The largest absolute Gasteiger partial charge is 0.490 e. The summed E-state index contributed by atoms with van der Waals surface area (Å²) in [5, 5.41) is 0. The van der Waals surface area contributed by atoms with Crippen LogP contribution in [-0.2, 0) is 12.8 Å². The van der Waals surface area contributed by atoms with Crippen LogP contribution in [0, 0.1) is 41.8 Å². The molecule has 1 aliphatic rings. The molecule has 0 amide bonds. The van der Waals surface area contributed by atoms with Gasteiger partial charge in [0.15, 0.2) is 34.8 Å². The Bertz CT molecular complexity index is 1280. The van der Waals surface area contributed by atoms with Gasteiger partial charge < -0.3 is 4.74 Å². The van der Waals surface area contributed by atoms with Crippen molar-refractivity contribution in [1.82, 2.24) is 0 Å². The second-order valence-electron chi connectivity index (χ2n) is 10.1. The molecule has 0 aromatic heterocycles. The molecule has 0 aliphatic heterocycles. The number of unbranched alkanes of at least 4 members (excludes halogenated alkanes) is 1. The van der Waals surface area contributed by atoms with E-state index in [1.54, 1.807) is 18.2 Å². The van der Waals surface area contributed by atoms with Gasteiger partial charge in [0.05, 0.1) is 6.61 Å². The molecule has 0 saturated heterocycles. The maximum atomic E-state index is 15.1. The average Bonchev–Trinajstić information content (AvgIpc) is 2.92. The molecule has 0 bridgehead atoms. The number of ether oxygens (including phenoxy) is 1. The van der Waals surface area contributed by atoms with Crippen molar-refractivity contribution in [2.45, 2.75) is 77.0 Å². The van der Waals surface area contributed by atoms with Gasteiger partial charge in [-0.1, -0.05) is 43.7 Å². The van der Waals surface area contributed by atoms with E-state index in [9.17, 15) is 22.0 Å². The minimum Gasteiger partial charge on any atom is -0.490 e. The molecule has 204 valence electrons. The van der Waals surface area contributed by atoms with Crippen molar-refractivity contribution in [2.75, 3.05) is 6.61 Å². The highest BCUT2D eigenvalue weighted by Crippen LogP contribution is 2.42. The van der Waals surface area contributed by atoms with Gasteiger partial charge in [-0.25, -0.2) is 22.0 Å². The Kier molecular flexibility index (Phi) is 9.06. The molecule has 7 heteroatoms. The van der Waals surface area contributed by atoms with E-state index in [2.05, 4.69) is 0 Å². The number of hydrogen-bond donors (Lipinski definition) is 0. The van der Waals surface area contributed by atoms with E-state index in [-0.39, 0.29) is 59.3 Å². The van der Waals surface area contributed by atoms with Crippen LogP contribution in [0.5, 0.6) is 5.75 Å². The SMILES string of the molecule is CCCCOc1ccc(CCc2ccc(C3CCC(c4ccc(C)c(F)c4F)CC3)c(F)c2F)c(F)c1F. The Balaban J connectivity index is 1.40. The number of aryl methyl sites for hydroxylation is 3. The Labute approximate surface area is 219 Å². The molecule has 1 aliphatic carbocycles. The topological polar surface area (TPSA) is 9.23 Å². The van der Waals surface area contributed by atoms with Gasteiger partial charge >= 0.3 is 0 Å². The van der Waals surface area contributed by atoms with E-state index >= 15 is 4.39 Å². The van der Waals surface area contributed by atoms with Crippen LogP contribution in [0.4, 0.5) is 26.3 Å². The van der Waals surface area contributed by atoms with Crippen molar-refractivity contribution in [3.05, 3.63) is 99.1 Å². The van der Waals surface area contributed by atoms with Gasteiger partial charge in [0.25, 0.3) is 0 Å². The van der Waals surface area contributed by atoms with Crippen LogP contribution < -0.4 is 4.74 Å². The number of hydrogen-bond acceptors (Lipinski definition) is 1. The number of halogens is 6. The molecule has 3 aromatic rings. The second-order valence-corrected chi connectivity index (χ2v) is 10.1. The molecular formula is C31H32F6O. The second kappa shape index (κ2) is 12.3. The molecule has 3 aromatic carbocycles. The highest BCUT2D eigenvalue weighted by atomic mass is 19.2. The van der Waals surface area contributed by atoms with E-state index in [1.807, 2.05) is 6.92 Å². The maximum absolute atomic E-state index is 15.1. The summed E-state index contributed by atoms with van der Waals surface area (Å²) >= 11 is 0. The van der Waals surface area contributed by atoms with E-state index in [1.165, 1.54) is 25.1 Å². The van der Waals surface area contributed by atoms with Gasteiger partial charge in [0, 0.05) is 0 Å². The fraction of sp³-hybridized carbons (Fsp3) is 0.419. The highest BCUT2D eigenvalue weighted by molar-refractivity contribution is 5.34. The van der Waals surface area contributed by atoms with Crippen LogP contribution in [0.15, 0.2) is 36.4 Å². The fourth-order valence-corrected chi connectivity index (χ4v) is 5.28. The lowest BCUT2D eigenvalue weighted by Gasteiger charge is -2.30. The third-order valence-electron chi connectivity index (χ3n) is 7.65. The lowest BCUT2D eigenvalue weighted by Crippen LogP contribution is -2.16. The van der Waals surface area contributed by atoms with Crippen molar-refractivity contribution >= 4 is 0 Å². The first-order chi connectivity index (χ1) is 18.2. The summed E-state index contributed by atoms with van der Waals surface area (Å²) in [5.74, 6) is -6.29. The quantitative estimate of drug-likeness (QED) is 0.196. The molecular weight excluding hydrogens is 502 g/mol. The summed E-state index contributed by atoms with van der Waals surface area (Å²) in [4.78, 5) is 0. The molecule has 1 nitrogen and oxygen atoms in total. The minimum absolute atomic E-state index is 0.000434. The van der Waals surface area contributed by atoms with Gasteiger partial charge in [0.1, 0.15) is 0 Å². The molecule has 0 unspecified atom stereocenters. The lowest BCUT2D eigenvalue weighted by molar-refractivity contribution is 0.288. The first-order valence-corrected chi connectivity index (χ1v) is 13.2. The smallest absolute Gasteiger partial charge is 0.200 e. The van der Waals surface area contributed by atoms with Crippen molar-refractivity contribution in [1.29, 1.82) is 0 Å². The molecule has 0 spiro atoms. The van der Waals surface area contributed by atoms with Gasteiger partial charge in [-0.05, 0) is 97.6 Å². The summed E-state index contributed by atoms with van der Waals surface area (Å²) in [5.41, 5.74) is 0.982. The molecule has 0 radical (unpaired) electrons. The van der Waals surface area contributed by atoms with E-state index in [0.29, 0.717) is 31.2 Å². The standard InChI is InChI=1S/C31H32F6O/c1-3-4-17-38-25-16-13-22(28(34)31(25)37)11-10-21-12-15-24(30(36)27(21)33)20-8-6-19(7-9-20)23-14-5-18(2)26(32)29(23)35/h5,12-16,19-20H,3-4,6-11,17H2,1-2H3. The van der Waals surface area contributed by atoms with Crippen molar-refractivity contribution in [3.8, 4) is 5.75 Å². The van der Waals surface area contributed by atoms with Gasteiger partial charge in [-0.15, -0.1) is 0 Å². The molecule has 4 rings (SSSR count). The third-order valence-corrected chi connectivity index (χ3v) is 7.65. The van der Waals surface area contributed by atoms with Crippen LogP contribution in [0.1, 0.15) is 85.1 Å².